The molecule has 29 heteroatoms. The van der Waals surface area contributed by atoms with E-state index < -0.39 is 171 Å². The number of aliphatic hydroxyl groups excluding tert-OH is 2. The molecule has 1 saturated heterocycles. The van der Waals surface area contributed by atoms with E-state index in [0.29, 0.717) is 0 Å². The number of nitrogens with two attached hydrogens (primary N) is 1. The maximum Gasteiger partial charge on any atom is 0.327 e. The van der Waals surface area contributed by atoms with E-state index in [1.165, 1.54) is 6.92 Å². The van der Waals surface area contributed by atoms with Crippen LogP contribution in [0.5, 0.6) is 0 Å². The third-order valence-electron chi connectivity index (χ3n) is 8.99. The van der Waals surface area contributed by atoms with Crippen LogP contribution in [0.4, 0.5) is 0 Å². The Balaban J connectivity index is 3.53. The van der Waals surface area contributed by atoms with Gasteiger partial charge in [-0.3, -0.25) is 52.7 Å². The SMILES string of the molecule is CC(C)C[C@@H]1NC(=O)[C@H](CO)NC(=O)[C@H](CCC(=O)O)NC(=O)[C@H](CO)NC(=O)[C@H](C)NC(=O)[C@H](CCC(=O)O)NC(=O)[C@@H](N)CSSC[C@@H](C(=O)O)NC(=O)CNC(=O)[C@H](C)NC1=O. The van der Waals surface area contributed by atoms with E-state index in [0.717, 1.165) is 28.5 Å². The predicted octanol–water partition coefficient (Wildman–Crippen LogP) is -6.41. The van der Waals surface area contributed by atoms with E-state index in [-0.39, 0.29) is 23.8 Å². The first-order chi connectivity index (χ1) is 30.4. The van der Waals surface area contributed by atoms with Crippen LogP contribution in [0.1, 0.15) is 59.8 Å². The van der Waals surface area contributed by atoms with Gasteiger partial charge in [0.1, 0.15) is 48.3 Å². The molecule has 366 valence electrons. The number of aliphatic hydroxyl groups is 2. The average Bonchev–Trinajstić information content (AvgIpc) is 3.23. The second-order valence-electron chi connectivity index (χ2n) is 15.0. The van der Waals surface area contributed by atoms with Crippen LogP contribution >= 0.6 is 21.6 Å². The zero-order valence-corrected chi connectivity index (χ0v) is 37.5. The molecule has 1 heterocycles. The molecular formula is C36H58N10O17S2. The summed E-state index contributed by atoms with van der Waals surface area (Å²) in [5, 5.41) is 68.3. The highest BCUT2D eigenvalue weighted by Gasteiger charge is 2.34. The summed E-state index contributed by atoms with van der Waals surface area (Å²) < 4.78 is 0. The van der Waals surface area contributed by atoms with Gasteiger partial charge in [-0.2, -0.15) is 0 Å². The Morgan fingerprint density at radius 3 is 1.45 bits per heavy atom. The van der Waals surface area contributed by atoms with E-state index in [4.69, 9.17) is 5.73 Å². The Hall–Kier alpha value is -5.78. The lowest BCUT2D eigenvalue weighted by Crippen LogP contribution is -2.61. The molecule has 1 aliphatic rings. The molecule has 0 spiro atoms. The molecule has 0 bridgehead atoms. The molecule has 27 nitrogen and oxygen atoms in total. The van der Waals surface area contributed by atoms with Gasteiger partial charge in [-0.1, -0.05) is 35.4 Å². The fraction of sp³-hybridized carbons (Fsp3) is 0.667. The predicted molar refractivity (Wildman–Crippen MR) is 228 cm³/mol. The quantitative estimate of drug-likeness (QED) is 0.0856. The van der Waals surface area contributed by atoms with Crippen LogP contribution in [0.15, 0.2) is 0 Å². The van der Waals surface area contributed by atoms with Gasteiger partial charge in [-0.05, 0) is 39.0 Å². The summed E-state index contributed by atoms with van der Waals surface area (Å²) in [4.78, 5) is 153. The first-order valence-electron chi connectivity index (χ1n) is 20.0. The van der Waals surface area contributed by atoms with Gasteiger partial charge in [0.05, 0.1) is 25.8 Å². The van der Waals surface area contributed by atoms with Gasteiger partial charge in [0.2, 0.25) is 53.2 Å². The lowest BCUT2D eigenvalue weighted by Gasteiger charge is -2.27. The van der Waals surface area contributed by atoms with Crippen molar-refractivity contribution in [2.75, 3.05) is 31.3 Å². The highest BCUT2D eigenvalue weighted by molar-refractivity contribution is 8.76. The van der Waals surface area contributed by atoms with Crippen LogP contribution in [0.3, 0.4) is 0 Å². The van der Waals surface area contributed by atoms with Crippen molar-refractivity contribution in [2.24, 2.45) is 11.7 Å². The van der Waals surface area contributed by atoms with Gasteiger partial charge in [-0.25, -0.2) is 4.79 Å². The monoisotopic (exact) mass is 966 g/mol. The summed E-state index contributed by atoms with van der Waals surface area (Å²) in [6.07, 6.45) is -2.50. The van der Waals surface area contributed by atoms with Gasteiger partial charge in [0.15, 0.2) is 0 Å². The van der Waals surface area contributed by atoms with Crippen LogP contribution in [0.2, 0.25) is 0 Å². The Morgan fingerprint density at radius 2 is 0.969 bits per heavy atom. The Bertz CT molecular complexity index is 1760. The first kappa shape index (κ1) is 57.2. The number of carbonyl (C=O) groups is 12. The summed E-state index contributed by atoms with van der Waals surface area (Å²) >= 11 is 0. The molecule has 0 aromatic heterocycles. The summed E-state index contributed by atoms with van der Waals surface area (Å²) in [5.74, 6) is -14.4. The molecule has 0 aromatic rings. The van der Waals surface area contributed by atoms with Crippen molar-refractivity contribution >= 4 is 92.7 Å². The third-order valence-corrected chi connectivity index (χ3v) is 11.4. The maximum atomic E-state index is 13.4. The van der Waals surface area contributed by atoms with Crippen molar-refractivity contribution in [2.45, 2.75) is 114 Å². The fourth-order valence-electron chi connectivity index (χ4n) is 5.37. The summed E-state index contributed by atoms with van der Waals surface area (Å²) in [6, 6.07) is -14.1. The Morgan fingerprint density at radius 1 is 0.569 bits per heavy atom. The van der Waals surface area contributed by atoms with Crippen molar-refractivity contribution in [3.8, 4) is 0 Å². The van der Waals surface area contributed by atoms with Crippen LogP contribution in [0, 0.1) is 5.92 Å². The number of carbonyl (C=O) groups excluding carboxylic acids is 9. The molecule has 9 atom stereocenters. The van der Waals surface area contributed by atoms with E-state index >= 15 is 0 Å². The van der Waals surface area contributed by atoms with Gasteiger partial charge in [0, 0.05) is 24.3 Å². The molecular weight excluding hydrogens is 909 g/mol. The minimum Gasteiger partial charge on any atom is -0.481 e. The highest BCUT2D eigenvalue weighted by Crippen LogP contribution is 2.23. The van der Waals surface area contributed by atoms with E-state index in [2.05, 4.69) is 47.9 Å². The molecule has 0 radical (unpaired) electrons. The largest absolute Gasteiger partial charge is 0.481 e. The van der Waals surface area contributed by atoms with Crippen molar-refractivity contribution < 1.29 is 83.1 Å². The summed E-state index contributed by atoms with van der Waals surface area (Å²) in [7, 11) is 1.80. The molecule has 0 unspecified atom stereocenters. The first-order valence-corrected chi connectivity index (χ1v) is 22.5. The van der Waals surface area contributed by atoms with Crippen molar-refractivity contribution in [1.82, 2.24) is 47.9 Å². The van der Waals surface area contributed by atoms with E-state index in [9.17, 15) is 83.1 Å². The van der Waals surface area contributed by atoms with Crippen LogP contribution in [-0.4, -0.2) is 182 Å². The maximum absolute atomic E-state index is 13.4. The normalized spacial score (nSPS) is 27.3. The second-order valence-corrected chi connectivity index (χ2v) is 17.5. The number of rotatable bonds is 11. The Kier molecular flexibility index (Phi) is 25.4. The zero-order valence-electron chi connectivity index (χ0n) is 35.9. The molecule has 1 aliphatic heterocycles. The number of hydrogen-bond donors (Lipinski definition) is 15. The molecule has 65 heavy (non-hydrogen) atoms. The molecule has 16 N–H and O–H groups in total. The lowest BCUT2D eigenvalue weighted by atomic mass is 10.0. The minimum absolute atomic E-state index is 0.0361. The highest BCUT2D eigenvalue weighted by atomic mass is 33.1. The zero-order chi connectivity index (χ0) is 49.6. The number of aliphatic carboxylic acids is 3. The van der Waals surface area contributed by atoms with Crippen molar-refractivity contribution in [3.05, 3.63) is 0 Å². The third kappa shape index (κ3) is 21.6. The molecule has 0 aliphatic carbocycles. The molecule has 0 aromatic carbocycles. The smallest absolute Gasteiger partial charge is 0.327 e. The average molecular weight is 967 g/mol. The number of carboxylic acids is 3. The Labute approximate surface area is 379 Å². The van der Waals surface area contributed by atoms with Gasteiger partial charge < -0.3 is 79.1 Å². The molecule has 9 amide bonds. The standard InChI is InChI=1S/C36H58N10O17S2/c1-15(2)9-21-33(59)39-16(3)28(54)38-10-25(49)41-24(36(62)63)14-65-64-13-18(37)30(56)42-19(5-7-26(50)51)31(57)40-17(4)29(55)45-22(11-47)34(60)43-20(6-8-27(52)53)32(58)46-23(12-48)35(61)44-21/h15-24,47-48H,5-14,37H2,1-4H3,(H,38,54)(H,39,59)(H,40,57)(H,41,49)(H,42,56)(H,43,60)(H,44,61)(H,45,55)(H,46,58)(H,50,51)(H,52,53)(H,62,63)/t16-,17-,18-,19-,20-,21-,22-,23-,24-/m0/s1. The van der Waals surface area contributed by atoms with Crippen LogP contribution in [0.25, 0.3) is 0 Å². The van der Waals surface area contributed by atoms with Gasteiger partial charge in [-0.15, -0.1) is 0 Å². The second kappa shape index (κ2) is 28.9. The van der Waals surface area contributed by atoms with E-state index in [1.807, 2.05) is 0 Å². The van der Waals surface area contributed by atoms with Crippen molar-refractivity contribution in [3.63, 3.8) is 0 Å². The summed E-state index contributed by atoms with van der Waals surface area (Å²) in [6.45, 7) is 2.82. The number of hydrogen-bond acceptors (Lipinski definition) is 17. The lowest BCUT2D eigenvalue weighted by molar-refractivity contribution is -0.141. The molecule has 1 rings (SSSR count). The van der Waals surface area contributed by atoms with Crippen molar-refractivity contribution in [1.29, 1.82) is 0 Å². The van der Waals surface area contributed by atoms with Crippen LogP contribution in [-0.2, 0) is 57.5 Å². The minimum atomic E-state index is -1.84. The van der Waals surface area contributed by atoms with E-state index in [1.54, 1.807) is 13.8 Å². The van der Waals surface area contributed by atoms with Gasteiger partial charge in [0.25, 0.3) is 0 Å². The summed E-state index contributed by atoms with van der Waals surface area (Å²) in [5.41, 5.74) is 5.96. The van der Waals surface area contributed by atoms with Crippen LogP contribution < -0.4 is 53.6 Å². The number of carboxylic acid groups (broad SMARTS) is 3. The number of amides is 9. The topological polar surface area (TPSA) is 440 Å². The molecule has 1 fully saturated rings. The number of nitrogens with one attached hydrogen (secondary N) is 9. The molecule has 0 saturated carbocycles. The fourth-order valence-corrected chi connectivity index (χ4v) is 7.65. The van der Waals surface area contributed by atoms with Gasteiger partial charge >= 0.3 is 17.9 Å².